The molecule has 0 aromatic rings. The average Bonchev–Trinajstić information content (AvgIpc) is 2.64. The summed E-state index contributed by atoms with van der Waals surface area (Å²) < 4.78 is 48.3. The van der Waals surface area contributed by atoms with Crippen molar-refractivity contribution in [3.63, 3.8) is 0 Å². The topological polar surface area (TPSA) is 101 Å². The van der Waals surface area contributed by atoms with E-state index in [0.717, 1.165) is 0 Å². The van der Waals surface area contributed by atoms with Gasteiger partial charge in [-0.2, -0.15) is 0 Å². The van der Waals surface area contributed by atoms with Crippen LogP contribution in [0.1, 0.15) is 26.7 Å². The van der Waals surface area contributed by atoms with Gasteiger partial charge in [-0.1, -0.05) is 6.92 Å². The predicted octanol–water partition coefficient (Wildman–Crippen LogP) is -0.649. The Labute approximate surface area is 120 Å². The second-order valence-electron chi connectivity index (χ2n) is 4.98. The van der Waals surface area contributed by atoms with E-state index in [0.29, 0.717) is 12.8 Å². The third-order valence-electron chi connectivity index (χ3n) is 3.20. The van der Waals surface area contributed by atoms with Crippen molar-refractivity contribution < 1.29 is 21.6 Å². The monoisotopic (exact) mass is 326 g/mol. The molecule has 1 fully saturated rings. The Hall–Kier alpha value is -0.670. The number of hydrogen-bond donors (Lipinski definition) is 1. The number of carbonyl (C=O) groups is 1. The molecule has 1 N–H and O–H groups in total. The number of carbonyl (C=O) groups excluding carboxylic acids is 1. The molecule has 1 rings (SSSR count). The summed E-state index contributed by atoms with van der Waals surface area (Å²) in [7, 11) is -6.37. The van der Waals surface area contributed by atoms with Gasteiger partial charge in [-0.05, 0) is 12.8 Å². The first-order chi connectivity index (χ1) is 9.17. The molecule has 1 heterocycles. The zero-order valence-corrected chi connectivity index (χ0v) is 13.5. The first-order valence-electron chi connectivity index (χ1n) is 6.62. The fourth-order valence-electron chi connectivity index (χ4n) is 2.28. The summed E-state index contributed by atoms with van der Waals surface area (Å²) in [5, 5.41) is 0. The van der Waals surface area contributed by atoms with Crippen molar-refractivity contribution in [2.45, 2.75) is 32.7 Å². The fraction of sp³-hybridized carbons (Fsp3) is 0.909. The van der Waals surface area contributed by atoms with Gasteiger partial charge in [-0.15, -0.1) is 0 Å². The number of rotatable bonds is 7. The number of sulfonamides is 1. The summed E-state index contributed by atoms with van der Waals surface area (Å²) in [5.74, 6) is -0.135. The van der Waals surface area contributed by atoms with Gasteiger partial charge in [-0.25, -0.2) is 21.6 Å². The molecule has 0 aliphatic carbocycles. The van der Waals surface area contributed by atoms with Crippen LogP contribution < -0.4 is 4.72 Å². The van der Waals surface area contributed by atoms with E-state index in [1.807, 2.05) is 0 Å². The van der Waals surface area contributed by atoms with Crippen molar-refractivity contribution in [3.8, 4) is 0 Å². The van der Waals surface area contributed by atoms with Gasteiger partial charge in [0.15, 0.2) is 9.84 Å². The molecule has 9 heteroatoms. The van der Waals surface area contributed by atoms with E-state index in [4.69, 9.17) is 0 Å². The molecule has 1 amide bonds. The van der Waals surface area contributed by atoms with Gasteiger partial charge in [0.25, 0.3) is 0 Å². The van der Waals surface area contributed by atoms with Crippen LogP contribution in [0.2, 0.25) is 0 Å². The molecule has 0 bridgehead atoms. The summed E-state index contributed by atoms with van der Waals surface area (Å²) in [4.78, 5) is 13.0. The predicted molar refractivity (Wildman–Crippen MR) is 76.5 cm³/mol. The maximum Gasteiger partial charge on any atom is 0.219 e. The summed E-state index contributed by atoms with van der Waals surface area (Å²) in [6.45, 7) is 3.44. The highest BCUT2D eigenvalue weighted by Crippen LogP contribution is 2.17. The Morgan fingerprint density at radius 2 is 2.05 bits per heavy atom. The Morgan fingerprint density at radius 1 is 1.40 bits per heavy atom. The molecule has 1 atom stereocenters. The Bertz CT molecular complexity index is 541. The van der Waals surface area contributed by atoms with Crippen LogP contribution in [0.5, 0.6) is 0 Å². The van der Waals surface area contributed by atoms with Crippen molar-refractivity contribution in [3.05, 3.63) is 0 Å². The molecule has 1 aliphatic heterocycles. The summed E-state index contributed by atoms with van der Waals surface area (Å²) in [6, 6.07) is -0.340. The van der Waals surface area contributed by atoms with Gasteiger partial charge >= 0.3 is 0 Å². The van der Waals surface area contributed by atoms with E-state index in [2.05, 4.69) is 4.72 Å². The van der Waals surface area contributed by atoms with E-state index in [1.54, 1.807) is 6.92 Å². The zero-order valence-electron chi connectivity index (χ0n) is 11.8. The van der Waals surface area contributed by atoms with Gasteiger partial charge in [0, 0.05) is 26.1 Å². The standard InChI is InChI=1S/C11H22N2O5S2/c1-3-7-20(17,18)12-5-6-13(10(2)14)11-4-8-19(15,16)9-11/h11-12H,3-9H2,1-2H3. The SMILES string of the molecule is CCCS(=O)(=O)NCCN(C(C)=O)C1CCS(=O)(=O)C1. The van der Waals surface area contributed by atoms with Crippen molar-refractivity contribution in [1.82, 2.24) is 9.62 Å². The van der Waals surface area contributed by atoms with E-state index in [9.17, 15) is 21.6 Å². The van der Waals surface area contributed by atoms with Crippen LogP contribution in [0.15, 0.2) is 0 Å². The molecule has 1 aliphatic rings. The minimum atomic E-state index is -3.31. The molecular weight excluding hydrogens is 304 g/mol. The third-order valence-corrected chi connectivity index (χ3v) is 6.54. The van der Waals surface area contributed by atoms with Gasteiger partial charge < -0.3 is 4.90 Å². The average molecular weight is 326 g/mol. The van der Waals surface area contributed by atoms with Gasteiger partial charge in [0.05, 0.1) is 17.3 Å². The second-order valence-corrected chi connectivity index (χ2v) is 9.14. The van der Waals surface area contributed by atoms with E-state index in [1.165, 1.54) is 11.8 Å². The first-order valence-corrected chi connectivity index (χ1v) is 10.1. The van der Waals surface area contributed by atoms with Crippen molar-refractivity contribution >= 4 is 25.8 Å². The lowest BCUT2D eigenvalue weighted by Crippen LogP contribution is -2.44. The zero-order chi connectivity index (χ0) is 15.4. The minimum Gasteiger partial charge on any atom is -0.338 e. The Balaban J connectivity index is 2.55. The van der Waals surface area contributed by atoms with Crippen molar-refractivity contribution in [1.29, 1.82) is 0 Å². The van der Waals surface area contributed by atoms with Crippen molar-refractivity contribution in [2.24, 2.45) is 0 Å². The molecule has 0 aromatic heterocycles. The van der Waals surface area contributed by atoms with Crippen LogP contribution in [0.25, 0.3) is 0 Å². The number of hydrogen-bond acceptors (Lipinski definition) is 5. The maximum atomic E-state index is 11.6. The van der Waals surface area contributed by atoms with E-state index in [-0.39, 0.29) is 42.3 Å². The van der Waals surface area contributed by atoms with Gasteiger partial charge in [0.1, 0.15) is 0 Å². The number of nitrogens with one attached hydrogen (secondary N) is 1. The fourth-order valence-corrected chi connectivity index (χ4v) is 5.10. The molecule has 0 saturated carbocycles. The van der Waals surface area contributed by atoms with E-state index >= 15 is 0 Å². The van der Waals surface area contributed by atoms with Gasteiger partial charge in [-0.3, -0.25) is 4.79 Å². The summed E-state index contributed by atoms with van der Waals surface area (Å²) in [5.41, 5.74) is 0. The number of amides is 1. The van der Waals surface area contributed by atoms with Crippen LogP contribution in [0, 0.1) is 0 Å². The molecule has 0 spiro atoms. The first kappa shape index (κ1) is 17.4. The normalized spacial score (nSPS) is 21.8. The van der Waals surface area contributed by atoms with Crippen LogP contribution in [0.4, 0.5) is 0 Å². The lowest BCUT2D eigenvalue weighted by atomic mass is 10.2. The quantitative estimate of drug-likeness (QED) is 0.670. The number of nitrogens with zero attached hydrogens (tertiary/aromatic N) is 1. The highest BCUT2D eigenvalue weighted by atomic mass is 32.2. The molecule has 118 valence electrons. The summed E-state index contributed by atoms with van der Waals surface area (Å²) >= 11 is 0. The molecule has 1 unspecified atom stereocenters. The Morgan fingerprint density at radius 3 is 2.50 bits per heavy atom. The van der Waals surface area contributed by atoms with Crippen LogP contribution >= 0.6 is 0 Å². The van der Waals surface area contributed by atoms with Crippen molar-refractivity contribution in [2.75, 3.05) is 30.3 Å². The van der Waals surface area contributed by atoms with Crippen LogP contribution in [-0.2, 0) is 24.7 Å². The molecule has 0 radical (unpaired) electrons. The molecule has 0 aromatic carbocycles. The van der Waals surface area contributed by atoms with Crippen LogP contribution in [-0.4, -0.2) is 64.0 Å². The Kier molecular flexibility index (Phi) is 5.96. The molecule has 20 heavy (non-hydrogen) atoms. The molecule has 1 saturated heterocycles. The molecular formula is C11H22N2O5S2. The summed E-state index contributed by atoms with van der Waals surface area (Å²) in [6.07, 6.45) is 0.941. The minimum absolute atomic E-state index is 0.0334. The van der Waals surface area contributed by atoms with E-state index < -0.39 is 19.9 Å². The highest BCUT2D eigenvalue weighted by molar-refractivity contribution is 7.91. The highest BCUT2D eigenvalue weighted by Gasteiger charge is 2.33. The van der Waals surface area contributed by atoms with Gasteiger partial charge in [0.2, 0.25) is 15.9 Å². The lowest BCUT2D eigenvalue weighted by molar-refractivity contribution is -0.130. The number of sulfone groups is 1. The van der Waals surface area contributed by atoms with Crippen LogP contribution in [0.3, 0.4) is 0 Å². The second kappa shape index (κ2) is 6.86. The largest absolute Gasteiger partial charge is 0.338 e. The molecule has 7 nitrogen and oxygen atoms in total. The maximum absolute atomic E-state index is 11.6. The lowest BCUT2D eigenvalue weighted by Gasteiger charge is -2.27. The smallest absolute Gasteiger partial charge is 0.219 e. The third kappa shape index (κ3) is 5.37.